The number of methoxy groups -OCH3 is 2. The Hall–Kier alpha value is -1.55. The van der Waals surface area contributed by atoms with E-state index in [2.05, 4.69) is 47.4 Å². The fourth-order valence-corrected chi connectivity index (χ4v) is 3.90. The molecule has 1 heterocycles. The summed E-state index contributed by atoms with van der Waals surface area (Å²) in [7, 11) is 3.58. The molecule has 2 aromatic carbocycles. The molecule has 0 N–H and O–H groups in total. The number of ether oxygens (including phenoxy) is 2. The van der Waals surface area contributed by atoms with Crippen LogP contribution in [-0.4, -0.2) is 44.9 Å². The van der Waals surface area contributed by atoms with Gasteiger partial charge in [-0.05, 0) is 49.5 Å². The Morgan fingerprint density at radius 2 is 1.73 bits per heavy atom. The minimum absolute atomic E-state index is 0. The molecular weight excluding hydrogens is 346 g/mol. The van der Waals surface area contributed by atoms with Crippen molar-refractivity contribution >= 4 is 12.4 Å². The van der Waals surface area contributed by atoms with Crippen molar-refractivity contribution in [1.82, 2.24) is 4.90 Å². The smallest absolute Gasteiger partial charge is 0.122 e. The monoisotopic (exact) mass is 375 g/mol. The topological polar surface area (TPSA) is 21.7 Å². The Labute approximate surface area is 163 Å². The first-order chi connectivity index (χ1) is 12.3. The molecule has 0 aliphatic carbocycles. The Balaban J connectivity index is 0.00000243. The lowest BCUT2D eigenvalue weighted by atomic mass is 9.86. The number of aryl methyl sites for hydroxylation is 1. The van der Waals surface area contributed by atoms with E-state index in [0.717, 1.165) is 38.2 Å². The molecule has 2 aromatic rings. The highest BCUT2D eigenvalue weighted by atomic mass is 35.5. The molecule has 0 spiro atoms. The van der Waals surface area contributed by atoms with Crippen molar-refractivity contribution in [2.45, 2.75) is 31.3 Å². The second kappa shape index (κ2) is 10.6. The van der Waals surface area contributed by atoms with Gasteiger partial charge in [0, 0.05) is 19.6 Å². The third kappa shape index (κ3) is 5.23. The van der Waals surface area contributed by atoms with Crippen molar-refractivity contribution < 1.29 is 9.47 Å². The Bertz CT molecular complexity index is 650. The molecule has 2 atom stereocenters. The third-order valence-corrected chi connectivity index (χ3v) is 5.27. The van der Waals surface area contributed by atoms with Gasteiger partial charge in [0.1, 0.15) is 5.75 Å². The van der Waals surface area contributed by atoms with Crippen LogP contribution in [0.5, 0.6) is 5.75 Å². The molecule has 0 radical (unpaired) electrons. The number of nitrogens with zero attached hydrogens (tertiary/aromatic N) is 1. The zero-order valence-electron chi connectivity index (χ0n) is 15.8. The molecule has 3 nitrogen and oxygen atoms in total. The number of rotatable bonds is 7. The number of piperidine rings is 1. The maximum absolute atomic E-state index is 5.86. The van der Waals surface area contributed by atoms with Crippen LogP contribution in [0, 0.1) is 0 Å². The molecular formula is C22H30ClNO2. The maximum Gasteiger partial charge on any atom is 0.122 e. The minimum atomic E-state index is 0. The van der Waals surface area contributed by atoms with Gasteiger partial charge in [-0.2, -0.15) is 0 Å². The van der Waals surface area contributed by atoms with Gasteiger partial charge in [-0.15, -0.1) is 12.4 Å². The fraction of sp³-hybridized carbons (Fsp3) is 0.455. The van der Waals surface area contributed by atoms with Crippen LogP contribution in [0.3, 0.4) is 0 Å². The first-order valence-corrected chi connectivity index (χ1v) is 9.24. The van der Waals surface area contributed by atoms with E-state index >= 15 is 0 Å². The molecule has 0 saturated carbocycles. The Kier molecular flexibility index (Phi) is 8.43. The van der Waals surface area contributed by atoms with Crippen molar-refractivity contribution in [1.29, 1.82) is 0 Å². The van der Waals surface area contributed by atoms with E-state index in [1.54, 1.807) is 7.11 Å². The van der Waals surface area contributed by atoms with Crippen LogP contribution in [-0.2, 0) is 11.2 Å². The molecule has 4 heteroatoms. The van der Waals surface area contributed by atoms with Gasteiger partial charge >= 0.3 is 0 Å². The van der Waals surface area contributed by atoms with Gasteiger partial charge in [0.25, 0.3) is 0 Å². The van der Waals surface area contributed by atoms with Gasteiger partial charge in [-0.1, -0.05) is 48.5 Å². The zero-order valence-corrected chi connectivity index (χ0v) is 16.6. The molecule has 0 amide bonds. The average Bonchev–Trinajstić information content (AvgIpc) is 2.68. The molecule has 0 aromatic heterocycles. The normalized spacial score (nSPS) is 20.4. The standard InChI is InChI=1S/C22H29NO2.ClH/c1-24-21-13-7-6-12-19(21)20-14-16-23(17-22(20)25-2)15-8-11-18-9-4-3-5-10-18;/h3-7,9-10,12-13,20,22H,8,11,14-17H2,1-2H3;1H. The second-order valence-electron chi connectivity index (χ2n) is 6.80. The van der Waals surface area contributed by atoms with Gasteiger partial charge in [0.2, 0.25) is 0 Å². The largest absolute Gasteiger partial charge is 0.496 e. The molecule has 142 valence electrons. The first-order valence-electron chi connectivity index (χ1n) is 9.24. The van der Waals surface area contributed by atoms with E-state index in [4.69, 9.17) is 9.47 Å². The molecule has 1 aliphatic rings. The summed E-state index contributed by atoms with van der Waals surface area (Å²) in [6.07, 6.45) is 3.68. The summed E-state index contributed by atoms with van der Waals surface area (Å²) >= 11 is 0. The lowest BCUT2D eigenvalue weighted by molar-refractivity contribution is 0.0137. The molecule has 0 bridgehead atoms. The molecule has 2 unspecified atom stereocenters. The van der Waals surface area contributed by atoms with Gasteiger partial charge < -0.3 is 14.4 Å². The number of likely N-dealkylation sites (tertiary alicyclic amines) is 1. The van der Waals surface area contributed by atoms with E-state index < -0.39 is 0 Å². The summed E-state index contributed by atoms with van der Waals surface area (Å²) in [6, 6.07) is 19.1. The predicted molar refractivity (Wildman–Crippen MR) is 110 cm³/mol. The van der Waals surface area contributed by atoms with E-state index in [9.17, 15) is 0 Å². The zero-order chi connectivity index (χ0) is 17.5. The highest BCUT2D eigenvalue weighted by Gasteiger charge is 2.31. The number of hydrogen-bond acceptors (Lipinski definition) is 3. The summed E-state index contributed by atoms with van der Waals surface area (Å²) in [5.74, 6) is 1.39. The van der Waals surface area contributed by atoms with Crippen LogP contribution in [0.1, 0.15) is 29.9 Å². The summed E-state index contributed by atoms with van der Waals surface area (Å²) in [5, 5.41) is 0. The quantitative estimate of drug-likeness (QED) is 0.708. The maximum atomic E-state index is 5.86. The van der Waals surface area contributed by atoms with E-state index in [1.165, 1.54) is 17.5 Å². The fourth-order valence-electron chi connectivity index (χ4n) is 3.90. The van der Waals surface area contributed by atoms with Crippen LogP contribution in [0.2, 0.25) is 0 Å². The SMILES string of the molecule is COc1ccccc1C1CCN(CCCc2ccccc2)CC1OC.Cl. The summed E-state index contributed by atoms with van der Waals surface area (Å²) < 4.78 is 11.4. The molecule has 1 saturated heterocycles. The average molecular weight is 376 g/mol. The molecule has 3 rings (SSSR count). The van der Waals surface area contributed by atoms with Crippen molar-refractivity contribution in [2.75, 3.05) is 33.9 Å². The highest BCUT2D eigenvalue weighted by molar-refractivity contribution is 5.85. The number of benzene rings is 2. The summed E-state index contributed by atoms with van der Waals surface area (Å²) in [5.41, 5.74) is 2.70. The summed E-state index contributed by atoms with van der Waals surface area (Å²) in [4.78, 5) is 2.54. The van der Waals surface area contributed by atoms with Crippen molar-refractivity contribution in [3.8, 4) is 5.75 Å². The molecule has 1 fully saturated rings. The molecule has 26 heavy (non-hydrogen) atoms. The number of halogens is 1. The van der Waals surface area contributed by atoms with Crippen molar-refractivity contribution in [2.24, 2.45) is 0 Å². The van der Waals surface area contributed by atoms with Crippen molar-refractivity contribution in [3.05, 3.63) is 65.7 Å². The van der Waals surface area contributed by atoms with E-state index in [0.29, 0.717) is 5.92 Å². The highest BCUT2D eigenvalue weighted by Crippen LogP contribution is 2.35. The van der Waals surface area contributed by atoms with Crippen LogP contribution in [0.25, 0.3) is 0 Å². The van der Waals surface area contributed by atoms with Gasteiger partial charge in [-0.25, -0.2) is 0 Å². The predicted octanol–water partition coefficient (Wildman–Crippen LogP) is 4.55. The van der Waals surface area contributed by atoms with Crippen LogP contribution in [0.15, 0.2) is 54.6 Å². The lowest BCUT2D eigenvalue weighted by Gasteiger charge is -2.38. The lowest BCUT2D eigenvalue weighted by Crippen LogP contribution is -2.44. The number of para-hydroxylation sites is 1. The van der Waals surface area contributed by atoms with Gasteiger partial charge in [0.05, 0.1) is 13.2 Å². The number of hydrogen-bond donors (Lipinski definition) is 0. The van der Waals surface area contributed by atoms with Crippen molar-refractivity contribution in [3.63, 3.8) is 0 Å². The molecule has 1 aliphatic heterocycles. The third-order valence-electron chi connectivity index (χ3n) is 5.27. The van der Waals surface area contributed by atoms with E-state index in [-0.39, 0.29) is 18.5 Å². The second-order valence-corrected chi connectivity index (χ2v) is 6.80. The van der Waals surface area contributed by atoms with E-state index in [1.807, 2.05) is 19.2 Å². The van der Waals surface area contributed by atoms with Gasteiger partial charge in [-0.3, -0.25) is 0 Å². The first kappa shape index (κ1) is 20.8. The van der Waals surface area contributed by atoms with Gasteiger partial charge in [0.15, 0.2) is 0 Å². The van der Waals surface area contributed by atoms with Crippen LogP contribution < -0.4 is 4.74 Å². The summed E-state index contributed by atoms with van der Waals surface area (Å²) in [6.45, 7) is 3.25. The Morgan fingerprint density at radius 3 is 2.46 bits per heavy atom. The minimum Gasteiger partial charge on any atom is -0.496 e. The van der Waals surface area contributed by atoms with Crippen LogP contribution >= 0.6 is 12.4 Å². The Morgan fingerprint density at radius 1 is 1.00 bits per heavy atom. The van der Waals surface area contributed by atoms with Crippen LogP contribution in [0.4, 0.5) is 0 Å².